The molecule has 0 spiro atoms. The maximum atomic E-state index is 13.5. The summed E-state index contributed by atoms with van der Waals surface area (Å²) in [6.07, 6.45) is 0. The molecule has 7 heteroatoms. The molecule has 1 atom stereocenters. The molecule has 2 aromatic rings. The summed E-state index contributed by atoms with van der Waals surface area (Å²) in [5.41, 5.74) is 0.672. The highest BCUT2D eigenvalue weighted by molar-refractivity contribution is 6.39. The first kappa shape index (κ1) is 18.3. The number of carbonyl (C=O) groups excluding carboxylic acids is 2. The third-order valence-electron chi connectivity index (χ3n) is 3.58. The molecule has 0 aliphatic carbocycles. The first-order valence-electron chi connectivity index (χ1n) is 7.54. The Morgan fingerprint density at radius 3 is 2.32 bits per heavy atom. The Morgan fingerprint density at radius 2 is 1.68 bits per heavy atom. The molecule has 0 radical (unpaired) electrons. The van der Waals surface area contributed by atoms with Crippen molar-refractivity contribution < 1.29 is 23.5 Å². The summed E-state index contributed by atoms with van der Waals surface area (Å²) < 4.78 is 23.9. The third kappa shape index (κ3) is 4.47. The molecule has 1 unspecified atom stereocenters. The van der Waals surface area contributed by atoms with Crippen molar-refractivity contribution in [2.24, 2.45) is 0 Å². The van der Waals surface area contributed by atoms with Crippen molar-refractivity contribution in [2.75, 3.05) is 19.5 Å². The Bertz CT molecular complexity index is 779. The smallest absolute Gasteiger partial charge is 0.313 e. The lowest BCUT2D eigenvalue weighted by molar-refractivity contribution is -0.136. The van der Waals surface area contributed by atoms with Crippen LogP contribution in [0.15, 0.2) is 42.5 Å². The van der Waals surface area contributed by atoms with Gasteiger partial charge in [0.05, 0.1) is 25.9 Å². The maximum absolute atomic E-state index is 13.5. The van der Waals surface area contributed by atoms with Gasteiger partial charge in [0.2, 0.25) is 0 Å². The second-order valence-electron chi connectivity index (χ2n) is 5.24. The van der Waals surface area contributed by atoms with Crippen LogP contribution in [0.3, 0.4) is 0 Å². The van der Waals surface area contributed by atoms with Crippen molar-refractivity contribution in [1.29, 1.82) is 0 Å². The largest absolute Gasteiger partial charge is 0.493 e. The highest BCUT2D eigenvalue weighted by atomic mass is 19.1. The molecular formula is C18H19FN2O4. The molecule has 0 fully saturated rings. The van der Waals surface area contributed by atoms with Gasteiger partial charge in [0.25, 0.3) is 0 Å². The molecule has 2 N–H and O–H groups in total. The molecular weight excluding hydrogens is 327 g/mol. The van der Waals surface area contributed by atoms with Gasteiger partial charge >= 0.3 is 11.8 Å². The predicted octanol–water partition coefficient (Wildman–Crippen LogP) is 2.66. The van der Waals surface area contributed by atoms with Crippen LogP contribution in [0.2, 0.25) is 0 Å². The monoisotopic (exact) mass is 346 g/mol. The van der Waals surface area contributed by atoms with E-state index in [1.807, 2.05) is 0 Å². The van der Waals surface area contributed by atoms with E-state index >= 15 is 0 Å². The summed E-state index contributed by atoms with van der Waals surface area (Å²) in [6.45, 7) is 1.72. The van der Waals surface area contributed by atoms with E-state index in [9.17, 15) is 14.0 Å². The Balaban J connectivity index is 2.04. The molecule has 6 nitrogen and oxygen atoms in total. The number of para-hydroxylation sites is 1. The summed E-state index contributed by atoms with van der Waals surface area (Å²) in [7, 11) is 3.03. The zero-order chi connectivity index (χ0) is 18.4. The van der Waals surface area contributed by atoms with Gasteiger partial charge in [-0.1, -0.05) is 18.2 Å². The van der Waals surface area contributed by atoms with Crippen LogP contribution in [0.1, 0.15) is 18.5 Å². The van der Waals surface area contributed by atoms with Gasteiger partial charge in [-0.25, -0.2) is 4.39 Å². The first-order chi connectivity index (χ1) is 12.0. The Morgan fingerprint density at radius 1 is 1.00 bits per heavy atom. The first-order valence-corrected chi connectivity index (χ1v) is 7.54. The number of hydrogen-bond donors (Lipinski definition) is 2. The molecule has 0 heterocycles. The van der Waals surface area contributed by atoms with Crippen LogP contribution in [0.5, 0.6) is 11.5 Å². The van der Waals surface area contributed by atoms with Crippen LogP contribution < -0.4 is 20.1 Å². The summed E-state index contributed by atoms with van der Waals surface area (Å²) in [6, 6.07) is 10.3. The van der Waals surface area contributed by atoms with E-state index in [4.69, 9.17) is 9.47 Å². The van der Waals surface area contributed by atoms with Gasteiger partial charge in [0.15, 0.2) is 11.5 Å². The number of halogens is 1. The van der Waals surface area contributed by atoms with E-state index in [1.54, 1.807) is 31.2 Å². The molecule has 2 aromatic carbocycles. The molecule has 0 saturated heterocycles. The Labute approximate surface area is 144 Å². The Hall–Kier alpha value is -3.09. The van der Waals surface area contributed by atoms with Gasteiger partial charge in [-0.2, -0.15) is 0 Å². The van der Waals surface area contributed by atoms with Crippen molar-refractivity contribution in [3.63, 3.8) is 0 Å². The number of ether oxygens (including phenoxy) is 2. The normalized spacial score (nSPS) is 11.4. The van der Waals surface area contributed by atoms with Crippen molar-refractivity contribution in [3.05, 3.63) is 53.8 Å². The van der Waals surface area contributed by atoms with Crippen molar-refractivity contribution in [3.8, 4) is 11.5 Å². The van der Waals surface area contributed by atoms with E-state index in [1.165, 1.54) is 32.4 Å². The zero-order valence-electron chi connectivity index (χ0n) is 14.1. The van der Waals surface area contributed by atoms with Crippen LogP contribution in [-0.2, 0) is 9.59 Å². The van der Waals surface area contributed by atoms with Crippen molar-refractivity contribution >= 4 is 17.5 Å². The van der Waals surface area contributed by atoms with Gasteiger partial charge in [-0.15, -0.1) is 0 Å². The second-order valence-corrected chi connectivity index (χ2v) is 5.24. The van der Waals surface area contributed by atoms with Gasteiger partial charge in [-0.05, 0) is 36.8 Å². The standard InChI is InChI=1S/C18H19FN2O4/c1-11(12-8-9-15(24-2)16(10-12)25-3)20-17(22)18(23)21-14-7-5-4-6-13(14)19/h4-11H,1-3H3,(H,20,22)(H,21,23). The van der Waals surface area contributed by atoms with E-state index in [0.29, 0.717) is 11.5 Å². The number of hydrogen-bond acceptors (Lipinski definition) is 4. The quantitative estimate of drug-likeness (QED) is 0.816. The molecule has 0 aliphatic heterocycles. The minimum absolute atomic E-state index is 0.0542. The van der Waals surface area contributed by atoms with E-state index < -0.39 is 23.7 Å². The highest BCUT2D eigenvalue weighted by Crippen LogP contribution is 2.29. The molecule has 0 saturated carbocycles. The average Bonchev–Trinajstić information content (AvgIpc) is 2.62. The fraction of sp³-hybridized carbons (Fsp3) is 0.222. The summed E-state index contributed by atoms with van der Waals surface area (Å²) in [5.74, 6) is -1.36. The summed E-state index contributed by atoms with van der Waals surface area (Å²) in [5, 5.41) is 4.79. The van der Waals surface area contributed by atoms with E-state index in [-0.39, 0.29) is 5.69 Å². The number of amides is 2. The predicted molar refractivity (Wildman–Crippen MR) is 91.1 cm³/mol. The fourth-order valence-electron chi connectivity index (χ4n) is 2.21. The molecule has 2 rings (SSSR count). The van der Waals surface area contributed by atoms with Crippen molar-refractivity contribution in [1.82, 2.24) is 5.32 Å². The van der Waals surface area contributed by atoms with Crippen LogP contribution in [0.25, 0.3) is 0 Å². The van der Waals surface area contributed by atoms with Gasteiger partial charge < -0.3 is 20.1 Å². The lowest BCUT2D eigenvalue weighted by Gasteiger charge is -2.16. The van der Waals surface area contributed by atoms with Crippen LogP contribution in [0, 0.1) is 5.82 Å². The SMILES string of the molecule is COc1ccc(C(C)NC(=O)C(=O)Nc2ccccc2F)cc1OC. The molecule has 0 bridgehead atoms. The molecule has 2 amide bonds. The highest BCUT2D eigenvalue weighted by Gasteiger charge is 2.19. The summed E-state index contributed by atoms with van der Waals surface area (Å²) >= 11 is 0. The second kappa shape index (κ2) is 8.14. The summed E-state index contributed by atoms with van der Waals surface area (Å²) in [4.78, 5) is 23.9. The topological polar surface area (TPSA) is 76.7 Å². The molecule has 25 heavy (non-hydrogen) atoms. The van der Waals surface area contributed by atoms with Gasteiger partial charge in [0, 0.05) is 0 Å². The van der Waals surface area contributed by atoms with Crippen LogP contribution >= 0.6 is 0 Å². The third-order valence-corrected chi connectivity index (χ3v) is 3.58. The number of benzene rings is 2. The number of anilines is 1. The van der Waals surface area contributed by atoms with Crippen LogP contribution in [-0.4, -0.2) is 26.0 Å². The Kier molecular flexibility index (Phi) is 5.94. The van der Waals surface area contributed by atoms with E-state index in [2.05, 4.69) is 10.6 Å². The van der Waals surface area contributed by atoms with Crippen LogP contribution in [0.4, 0.5) is 10.1 Å². The minimum Gasteiger partial charge on any atom is -0.493 e. The molecule has 0 aliphatic rings. The maximum Gasteiger partial charge on any atom is 0.313 e. The minimum atomic E-state index is -0.947. The lowest BCUT2D eigenvalue weighted by atomic mass is 10.1. The van der Waals surface area contributed by atoms with Gasteiger partial charge in [0.1, 0.15) is 5.82 Å². The molecule has 0 aromatic heterocycles. The number of carbonyl (C=O) groups is 2. The molecule has 132 valence electrons. The van der Waals surface area contributed by atoms with Crippen molar-refractivity contribution in [2.45, 2.75) is 13.0 Å². The average molecular weight is 346 g/mol. The van der Waals surface area contributed by atoms with Gasteiger partial charge in [-0.3, -0.25) is 9.59 Å². The number of nitrogens with one attached hydrogen (secondary N) is 2. The lowest BCUT2D eigenvalue weighted by Crippen LogP contribution is -2.37. The zero-order valence-corrected chi connectivity index (χ0v) is 14.1. The fourth-order valence-corrected chi connectivity index (χ4v) is 2.21. The number of rotatable bonds is 5. The van der Waals surface area contributed by atoms with E-state index in [0.717, 1.165) is 5.56 Å². The number of methoxy groups -OCH3 is 2.